The summed E-state index contributed by atoms with van der Waals surface area (Å²) < 4.78 is 26.2. The van der Waals surface area contributed by atoms with E-state index in [1.54, 1.807) is 6.07 Å². The van der Waals surface area contributed by atoms with E-state index in [-0.39, 0.29) is 0 Å². The maximum absolute atomic E-state index is 13.2. The molecule has 0 radical (unpaired) electrons. The van der Waals surface area contributed by atoms with E-state index in [1.807, 2.05) is 0 Å². The molecule has 1 aliphatic rings. The molecule has 1 fully saturated rings. The van der Waals surface area contributed by atoms with Crippen molar-refractivity contribution in [3.05, 3.63) is 35.4 Å². The third-order valence-electron chi connectivity index (χ3n) is 3.72. The fraction of sp³-hybridized carbons (Fsp3) is 0.600. The average molecular weight is 268 g/mol. The highest BCUT2D eigenvalue weighted by Crippen LogP contribution is 2.15. The van der Waals surface area contributed by atoms with Crippen LogP contribution in [0.25, 0.3) is 0 Å². The molecule has 1 aliphatic heterocycles. The van der Waals surface area contributed by atoms with Crippen molar-refractivity contribution in [2.24, 2.45) is 0 Å². The summed E-state index contributed by atoms with van der Waals surface area (Å²) in [7, 11) is 0. The van der Waals surface area contributed by atoms with E-state index in [9.17, 15) is 8.78 Å². The van der Waals surface area contributed by atoms with Crippen molar-refractivity contribution in [3.63, 3.8) is 0 Å². The highest BCUT2D eigenvalue weighted by atomic mass is 19.2. The second-order valence-corrected chi connectivity index (χ2v) is 5.56. The minimum absolute atomic E-state index is 0.385. The Morgan fingerprint density at radius 1 is 1.32 bits per heavy atom. The summed E-state index contributed by atoms with van der Waals surface area (Å²) in [6.07, 6.45) is 2.42. The average Bonchev–Trinajstić information content (AvgIpc) is 2.86. The molecular weight excluding hydrogens is 246 g/mol. The van der Waals surface area contributed by atoms with Crippen molar-refractivity contribution in [2.45, 2.75) is 45.3 Å². The molecule has 0 amide bonds. The summed E-state index contributed by atoms with van der Waals surface area (Å²) in [4.78, 5) is 2.30. The third kappa shape index (κ3) is 3.98. The summed E-state index contributed by atoms with van der Waals surface area (Å²) in [5.74, 6) is -1.54. The number of halogens is 2. The van der Waals surface area contributed by atoms with Gasteiger partial charge in [-0.1, -0.05) is 6.07 Å². The topological polar surface area (TPSA) is 15.3 Å². The van der Waals surface area contributed by atoms with Gasteiger partial charge in [0.05, 0.1) is 0 Å². The number of nitrogens with one attached hydrogen (secondary N) is 1. The lowest BCUT2D eigenvalue weighted by Gasteiger charge is -2.29. The Labute approximate surface area is 113 Å². The summed E-state index contributed by atoms with van der Waals surface area (Å²) >= 11 is 0. The van der Waals surface area contributed by atoms with Crippen LogP contribution in [0.15, 0.2) is 18.2 Å². The molecule has 1 atom stereocenters. The second-order valence-electron chi connectivity index (χ2n) is 5.56. The monoisotopic (exact) mass is 268 g/mol. The van der Waals surface area contributed by atoms with Gasteiger partial charge < -0.3 is 5.32 Å². The molecule has 2 rings (SSSR count). The van der Waals surface area contributed by atoms with Crippen molar-refractivity contribution in [3.8, 4) is 0 Å². The van der Waals surface area contributed by atoms with Crippen molar-refractivity contribution >= 4 is 0 Å². The highest BCUT2D eigenvalue weighted by molar-refractivity contribution is 5.17. The van der Waals surface area contributed by atoms with Gasteiger partial charge in [0.15, 0.2) is 11.6 Å². The van der Waals surface area contributed by atoms with Gasteiger partial charge in [-0.2, -0.15) is 0 Å². The Balaban J connectivity index is 2.00. The molecule has 1 N–H and O–H groups in total. The molecule has 1 aromatic carbocycles. The molecule has 1 saturated heterocycles. The van der Waals surface area contributed by atoms with E-state index in [1.165, 1.54) is 25.0 Å². The van der Waals surface area contributed by atoms with Crippen LogP contribution >= 0.6 is 0 Å². The van der Waals surface area contributed by atoms with E-state index >= 15 is 0 Å². The van der Waals surface area contributed by atoms with Crippen LogP contribution in [0.4, 0.5) is 8.78 Å². The molecule has 2 nitrogen and oxygen atoms in total. The standard InChI is InChI=1S/C15H22F2N2/c1-11(2)19(10-13-4-3-7-18-13)9-12-5-6-14(16)15(17)8-12/h5-6,8,11,13,18H,3-4,7,9-10H2,1-2H3. The van der Waals surface area contributed by atoms with Crippen LogP contribution in [0.2, 0.25) is 0 Å². The van der Waals surface area contributed by atoms with Crippen LogP contribution in [-0.4, -0.2) is 30.1 Å². The van der Waals surface area contributed by atoms with E-state index in [4.69, 9.17) is 0 Å². The van der Waals surface area contributed by atoms with Crippen LogP contribution in [0.1, 0.15) is 32.3 Å². The van der Waals surface area contributed by atoms with Crippen LogP contribution in [0, 0.1) is 11.6 Å². The normalized spacial score (nSPS) is 19.6. The Morgan fingerprint density at radius 2 is 2.11 bits per heavy atom. The maximum Gasteiger partial charge on any atom is 0.159 e. The van der Waals surface area contributed by atoms with Crippen molar-refractivity contribution < 1.29 is 8.78 Å². The SMILES string of the molecule is CC(C)N(Cc1ccc(F)c(F)c1)CC1CCCN1. The third-order valence-corrected chi connectivity index (χ3v) is 3.72. The van der Waals surface area contributed by atoms with Gasteiger partial charge >= 0.3 is 0 Å². The van der Waals surface area contributed by atoms with Gasteiger partial charge in [-0.25, -0.2) is 8.78 Å². The van der Waals surface area contributed by atoms with Gasteiger partial charge in [0.2, 0.25) is 0 Å². The van der Waals surface area contributed by atoms with Crippen molar-refractivity contribution in [1.82, 2.24) is 10.2 Å². The van der Waals surface area contributed by atoms with Crippen molar-refractivity contribution in [1.29, 1.82) is 0 Å². The van der Waals surface area contributed by atoms with Crippen LogP contribution < -0.4 is 5.32 Å². The summed E-state index contributed by atoms with van der Waals surface area (Å²) in [6, 6.07) is 5.07. The molecule has 1 unspecified atom stereocenters. The van der Waals surface area contributed by atoms with E-state index in [2.05, 4.69) is 24.1 Å². The lowest BCUT2D eigenvalue weighted by Crippen LogP contribution is -2.40. The largest absolute Gasteiger partial charge is 0.313 e. The van der Waals surface area contributed by atoms with Gasteiger partial charge in [-0.3, -0.25) is 4.90 Å². The van der Waals surface area contributed by atoms with Crippen LogP contribution in [-0.2, 0) is 6.54 Å². The minimum atomic E-state index is -0.780. The second kappa shape index (κ2) is 6.44. The smallest absolute Gasteiger partial charge is 0.159 e. The first-order chi connectivity index (χ1) is 9.06. The van der Waals surface area contributed by atoms with Crippen LogP contribution in [0.5, 0.6) is 0 Å². The summed E-state index contributed by atoms with van der Waals surface area (Å²) in [6.45, 7) is 6.97. The minimum Gasteiger partial charge on any atom is -0.313 e. The highest BCUT2D eigenvalue weighted by Gasteiger charge is 2.20. The Hall–Kier alpha value is -1.00. The molecule has 0 aromatic heterocycles. The predicted molar refractivity (Wildman–Crippen MR) is 72.9 cm³/mol. The lowest BCUT2D eigenvalue weighted by molar-refractivity contribution is 0.193. The first kappa shape index (κ1) is 14.4. The van der Waals surface area contributed by atoms with Crippen molar-refractivity contribution in [2.75, 3.05) is 13.1 Å². The van der Waals surface area contributed by atoms with Crippen LogP contribution in [0.3, 0.4) is 0 Å². The molecular formula is C15H22F2N2. The zero-order chi connectivity index (χ0) is 13.8. The van der Waals surface area contributed by atoms with E-state index in [0.717, 1.165) is 18.7 Å². The number of benzene rings is 1. The number of hydrogen-bond acceptors (Lipinski definition) is 2. The summed E-state index contributed by atoms with van der Waals surface area (Å²) in [5.41, 5.74) is 0.825. The molecule has 0 spiro atoms. The molecule has 0 saturated carbocycles. The fourth-order valence-electron chi connectivity index (χ4n) is 2.53. The van der Waals surface area contributed by atoms with Gasteiger partial charge in [0.25, 0.3) is 0 Å². The van der Waals surface area contributed by atoms with Gasteiger partial charge in [0.1, 0.15) is 0 Å². The Kier molecular flexibility index (Phi) is 4.88. The molecule has 1 aromatic rings. The molecule has 19 heavy (non-hydrogen) atoms. The quantitative estimate of drug-likeness (QED) is 0.883. The Bertz CT molecular complexity index is 415. The first-order valence-corrected chi connectivity index (χ1v) is 6.97. The maximum atomic E-state index is 13.2. The molecule has 0 aliphatic carbocycles. The number of hydrogen-bond donors (Lipinski definition) is 1. The van der Waals surface area contributed by atoms with Gasteiger partial charge in [-0.15, -0.1) is 0 Å². The Morgan fingerprint density at radius 3 is 2.68 bits per heavy atom. The van der Waals surface area contributed by atoms with Gasteiger partial charge in [0, 0.05) is 25.2 Å². The molecule has 1 heterocycles. The zero-order valence-corrected chi connectivity index (χ0v) is 11.6. The molecule has 0 bridgehead atoms. The van der Waals surface area contributed by atoms with E-state index in [0.29, 0.717) is 18.6 Å². The zero-order valence-electron chi connectivity index (χ0n) is 11.6. The fourth-order valence-corrected chi connectivity index (χ4v) is 2.53. The lowest BCUT2D eigenvalue weighted by atomic mass is 10.1. The number of rotatable bonds is 5. The first-order valence-electron chi connectivity index (χ1n) is 6.97. The van der Waals surface area contributed by atoms with Gasteiger partial charge in [-0.05, 0) is 50.9 Å². The number of nitrogens with zero attached hydrogens (tertiary/aromatic N) is 1. The molecule has 106 valence electrons. The predicted octanol–water partition coefficient (Wildman–Crippen LogP) is 2.93. The van der Waals surface area contributed by atoms with E-state index < -0.39 is 11.6 Å². The molecule has 4 heteroatoms. The summed E-state index contributed by atoms with van der Waals surface area (Å²) in [5, 5.41) is 3.47.